The summed E-state index contributed by atoms with van der Waals surface area (Å²) in [6.45, 7) is 0. The molecule has 1 aromatic rings. The Morgan fingerprint density at radius 3 is 3.05 bits per heavy atom. The van der Waals surface area contributed by atoms with Gasteiger partial charge >= 0.3 is 0 Å². The van der Waals surface area contributed by atoms with Gasteiger partial charge in [0.05, 0.1) is 7.11 Å². The smallest absolute Gasteiger partial charge is 0.166 e. The van der Waals surface area contributed by atoms with E-state index < -0.39 is 0 Å². The molecule has 1 aliphatic heterocycles. The van der Waals surface area contributed by atoms with Crippen LogP contribution < -0.4 is 9.47 Å². The number of rotatable bonds is 2. The van der Waals surface area contributed by atoms with Crippen LogP contribution in [0.1, 0.15) is 23.5 Å². The van der Waals surface area contributed by atoms with Crippen molar-refractivity contribution in [3.63, 3.8) is 0 Å². The van der Waals surface area contributed by atoms with Gasteiger partial charge in [0.25, 0.3) is 0 Å². The molecule has 0 aromatic heterocycles. The number of carbonyl (C=O) groups excluding carboxylic acids is 1. The highest BCUT2D eigenvalue weighted by Gasteiger charge is 2.39. The first kappa shape index (κ1) is 12.0. The summed E-state index contributed by atoms with van der Waals surface area (Å²) in [5.41, 5.74) is 2.09. The van der Waals surface area contributed by atoms with Gasteiger partial charge in [0, 0.05) is 36.7 Å². The largest absolute Gasteiger partial charge is 0.493 e. The van der Waals surface area contributed by atoms with E-state index in [0.717, 1.165) is 16.9 Å². The monoisotopic (exact) mass is 257 g/mol. The van der Waals surface area contributed by atoms with Gasteiger partial charge in [-0.1, -0.05) is 6.08 Å². The SMILES string of the molecule is C/N=C/c1ccc(OC)c2c1C1C=CC(=O)C[C@@H]1O2. The minimum absolute atomic E-state index is 0.107. The van der Waals surface area contributed by atoms with Crippen molar-refractivity contribution in [2.24, 2.45) is 4.99 Å². The van der Waals surface area contributed by atoms with E-state index in [2.05, 4.69) is 4.99 Å². The molecular weight excluding hydrogens is 242 g/mol. The number of benzene rings is 1. The van der Waals surface area contributed by atoms with Crippen LogP contribution >= 0.6 is 0 Å². The van der Waals surface area contributed by atoms with Crippen molar-refractivity contribution >= 4 is 12.0 Å². The number of aliphatic imine (C=N–C) groups is 1. The molecule has 1 unspecified atom stereocenters. The Balaban J connectivity index is 2.15. The predicted molar refractivity (Wildman–Crippen MR) is 72.4 cm³/mol. The molecule has 0 spiro atoms. The second-order valence-electron chi connectivity index (χ2n) is 4.70. The molecule has 1 heterocycles. The van der Waals surface area contributed by atoms with Crippen LogP contribution in [0.25, 0.3) is 0 Å². The topological polar surface area (TPSA) is 47.9 Å². The van der Waals surface area contributed by atoms with E-state index in [9.17, 15) is 4.79 Å². The second kappa shape index (κ2) is 4.53. The van der Waals surface area contributed by atoms with Crippen LogP contribution in [0, 0.1) is 0 Å². The highest BCUT2D eigenvalue weighted by atomic mass is 16.5. The van der Waals surface area contributed by atoms with Crippen LogP contribution in [0.5, 0.6) is 11.5 Å². The summed E-state index contributed by atoms with van der Waals surface area (Å²) in [6, 6.07) is 3.85. The Bertz CT molecular complexity index is 589. The van der Waals surface area contributed by atoms with E-state index in [-0.39, 0.29) is 17.8 Å². The van der Waals surface area contributed by atoms with E-state index >= 15 is 0 Å². The Labute approximate surface area is 111 Å². The third kappa shape index (κ3) is 1.84. The maximum Gasteiger partial charge on any atom is 0.166 e. The summed E-state index contributed by atoms with van der Waals surface area (Å²) in [4.78, 5) is 15.6. The van der Waals surface area contributed by atoms with E-state index in [1.807, 2.05) is 24.4 Å². The number of ketones is 1. The summed E-state index contributed by atoms with van der Waals surface area (Å²) in [7, 11) is 3.36. The molecule has 0 amide bonds. The first-order chi connectivity index (χ1) is 9.24. The maximum atomic E-state index is 11.5. The first-order valence-electron chi connectivity index (χ1n) is 6.25. The fraction of sp³-hybridized carbons (Fsp3) is 0.333. The highest BCUT2D eigenvalue weighted by molar-refractivity contribution is 5.92. The quantitative estimate of drug-likeness (QED) is 0.762. The molecule has 0 radical (unpaired) electrons. The van der Waals surface area contributed by atoms with Gasteiger partial charge < -0.3 is 9.47 Å². The summed E-state index contributed by atoms with van der Waals surface area (Å²) in [5.74, 6) is 1.67. The molecule has 1 aromatic carbocycles. The molecule has 2 atom stereocenters. The Hall–Kier alpha value is -2.10. The molecule has 4 nitrogen and oxygen atoms in total. The molecule has 2 aliphatic rings. The Kier molecular flexibility index (Phi) is 2.85. The summed E-state index contributed by atoms with van der Waals surface area (Å²) in [6.07, 6.45) is 5.68. The van der Waals surface area contributed by atoms with Crippen LogP contribution in [-0.2, 0) is 4.79 Å². The van der Waals surface area contributed by atoms with Crippen molar-refractivity contribution in [3.8, 4) is 11.5 Å². The number of hydrogen-bond acceptors (Lipinski definition) is 4. The van der Waals surface area contributed by atoms with Crippen LogP contribution in [0.15, 0.2) is 29.3 Å². The zero-order valence-corrected chi connectivity index (χ0v) is 10.9. The lowest BCUT2D eigenvalue weighted by molar-refractivity contribution is -0.116. The van der Waals surface area contributed by atoms with E-state index in [4.69, 9.17) is 9.47 Å². The Morgan fingerprint density at radius 2 is 2.32 bits per heavy atom. The third-order valence-electron chi connectivity index (χ3n) is 3.58. The van der Waals surface area contributed by atoms with Gasteiger partial charge in [-0.2, -0.15) is 0 Å². The van der Waals surface area contributed by atoms with E-state index in [1.165, 1.54) is 0 Å². The summed E-state index contributed by atoms with van der Waals surface area (Å²) >= 11 is 0. The zero-order valence-electron chi connectivity index (χ0n) is 10.9. The number of nitrogens with zero attached hydrogens (tertiary/aromatic N) is 1. The molecule has 0 N–H and O–H groups in total. The highest BCUT2D eigenvalue weighted by Crippen LogP contribution is 2.48. The van der Waals surface area contributed by atoms with Crippen LogP contribution in [0.4, 0.5) is 0 Å². The molecule has 0 bridgehead atoms. The lowest BCUT2D eigenvalue weighted by Crippen LogP contribution is -2.24. The number of fused-ring (bicyclic) bond motifs is 3. The van der Waals surface area contributed by atoms with Gasteiger partial charge in [-0.05, 0) is 18.2 Å². The lowest BCUT2D eigenvalue weighted by atomic mass is 9.86. The molecule has 0 saturated carbocycles. The van der Waals surface area contributed by atoms with Crippen LogP contribution in [0.2, 0.25) is 0 Å². The standard InChI is InChI=1S/C15H15NO3/c1-16-8-9-3-6-12(18-2)15-14(9)11-5-4-10(17)7-13(11)19-15/h3-6,8,11,13H,7H2,1-2H3/b16-8+/t11?,13-/m0/s1. The molecular formula is C15H15NO3. The fourth-order valence-corrected chi connectivity index (χ4v) is 2.75. The van der Waals surface area contributed by atoms with Crippen molar-refractivity contribution in [1.29, 1.82) is 0 Å². The number of methoxy groups -OCH3 is 1. The summed E-state index contributed by atoms with van der Waals surface area (Å²) < 4.78 is 11.3. The third-order valence-corrected chi connectivity index (χ3v) is 3.58. The molecule has 19 heavy (non-hydrogen) atoms. The molecule has 4 heteroatoms. The minimum atomic E-state index is -0.118. The molecule has 0 saturated heterocycles. The average Bonchev–Trinajstić information content (AvgIpc) is 2.78. The van der Waals surface area contributed by atoms with E-state index in [1.54, 1.807) is 20.2 Å². The van der Waals surface area contributed by atoms with E-state index in [0.29, 0.717) is 12.2 Å². The van der Waals surface area contributed by atoms with Gasteiger partial charge in [0.2, 0.25) is 0 Å². The second-order valence-corrected chi connectivity index (χ2v) is 4.70. The molecule has 3 rings (SSSR count). The molecule has 98 valence electrons. The number of ether oxygens (including phenoxy) is 2. The van der Waals surface area contributed by atoms with Crippen molar-refractivity contribution in [3.05, 3.63) is 35.4 Å². The van der Waals surface area contributed by atoms with Crippen molar-refractivity contribution < 1.29 is 14.3 Å². The van der Waals surface area contributed by atoms with Crippen molar-refractivity contribution in [2.45, 2.75) is 18.4 Å². The van der Waals surface area contributed by atoms with Gasteiger partial charge in [-0.15, -0.1) is 0 Å². The van der Waals surface area contributed by atoms with Crippen molar-refractivity contribution in [2.75, 3.05) is 14.2 Å². The predicted octanol–water partition coefficient (Wildman–Crippen LogP) is 2.12. The van der Waals surface area contributed by atoms with Gasteiger partial charge in [0.1, 0.15) is 6.10 Å². The normalized spacial score (nSPS) is 24.2. The Morgan fingerprint density at radius 1 is 1.47 bits per heavy atom. The number of allylic oxidation sites excluding steroid dienone is 1. The van der Waals surface area contributed by atoms with Crippen LogP contribution in [-0.4, -0.2) is 32.3 Å². The maximum absolute atomic E-state index is 11.5. The molecule has 0 fully saturated rings. The number of carbonyl (C=O) groups is 1. The lowest BCUT2D eigenvalue weighted by Gasteiger charge is -2.18. The van der Waals surface area contributed by atoms with Gasteiger partial charge in [0.15, 0.2) is 17.3 Å². The van der Waals surface area contributed by atoms with Crippen LogP contribution in [0.3, 0.4) is 0 Å². The minimum Gasteiger partial charge on any atom is -0.493 e. The zero-order chi connectivity index (χ0) is 13.4. The van der Waals surface area contributed by atoms with Gasteiger partial charge in [-0.25, -0.2) is 0 Å². The van der Waals surface area contributed by atoms with Crippen molar-refractivity contribution in [1.82, 2.24) is 0 Å². The first-order valence-corrected chi connectivity index (χ1v) is 6.25. The average molecular weight is 257 g/mol. The number of hydrogen-bond donors (Lipinski definition) is 0. The summed E-state index contributed by atoms with van der Waals surface area (Å²) in [5, 5.41) is 0. The molecule has 1 aliphatic carbocycles. The van der Waals surface area contributed by atoms with Gasteiger partial charge in [-0.3, -0.25) is 9.79 Å². The fourth-order valence-electron chi connectivity index (χ4n) is 2.75.